The molecule has 0 aliphatic heterocycles. The van der Waals surface area contributed by atoms with Gasteiger partial charge in [0.25, 0.3) is 0 Å². The smallest absolute Gasteiger partial charge is 0.340 e. The van der Waals surface area contributed by atoms with E-state index in [9.17, 15) is 4.79 Å². The molecule has 2 aromatic heterocycles. The molecule has 8 heteroatoms. The Morgan fingerprint density at radius 1 is 1.10 bits per heavy atom. The zero-order valence-corrected chi connectivity index (χ0v) is 16.1. The van der Waals surface area contributed by atoms with Crippen LogP contribution < -0.4 is 11.1 Å². The first-order valence-corrected chi connectivity index (χ1v) is 9.05. The van der Waals surface area contributed by atoms with Crippen LogP contribution in [0.2, 0.25) is 0 Å². The number of hydrogen-bond donors (Lipinski definition) is 2. The molecule has 4 rings (SSSR count). The molecule has 0 saturated heterocycles. The number of carbonyl (C=O) groups is 1. The standard InChI is InChI=1S/C21H20N6O2/c1-13-7-9-14(10-8-13)23-21-25-18(24-20(22)26-21)12-29-19(28)16-11-27(2)17-6-4-3-5-15(16)17/h3-11H,12H2,1-2H3,(H3,22,23,24,25,26). The molecule has 146 valence electrons. The first kappa shape index (κ1) is 18.4. The summed E-state index contributed by atoms with van der Waals surface area (Å²) in [4.78, 5) is 25.0. The molecule has 2 aromatic carbocycles. The number of ether oxygens (including phenoxy) is 1. The van der Waals surface area contributed by atoms with Gasteiger partial charge in [0.15, 0.2) is 12.4 Å². The third-order valence-electron chi connectivity index (χ3n) is 4.46. The number of nitrogen functional groups attached to an aromatic ring is 1. The van der Waals surface area contributed by atoms with Crippen LogP contribution in [0.1, 0.15) is 21.7 Å². The Kier molecular flexibility index (Phi) is 4.82. The molecule has 0 bridgehead atoms. The highest BCUT2D eigenvalue weighted by atomic mass is 16.5. The van der Waals surface area contributed by atoms with Gasteiger partial charge in [-0.1, -0.05) is 35.9 Å². The molecule has 0 amide bonds. The highest BCUT2D eigenvalue weighted by Crippen LogP contribution is 2.21. The minimum atomic E-state index is -0.450. The molecule has 2 heterocycles. The number of esters is 1. The fourth-order valence-electron chi connectivity index (χ4n) is 3.04. The van der Waals surface area contributed by atoms with Crippen LogP contribution in [-0.4, -0.2) is 25.5 Å². The van der Waals surface area contributed by atoms with Crippen LogP contribution in [0.4, 0.5) is 17.6 Å². The van der Waals surface area contributed by atoms with Crippen molar-refractivity contribution in [1.82, 2.24) is 19.5 Å². The fraction of sp³-hybridized carbons (Fsp3) is 0.143. The Labute approximate surface area is 167 Å². The van der Waals surface area contributed by atoms with Gasteiger partial charge in [0.05, 0.1) is 5.56 Å². The molecule has 0 radical (unpaired) electrons. The van der Waals surface area contributed by atoms with Gasteiger partial charge in [-0.05, 0) is 25.1 Å². The van der Waals surface area contributed by atoms with E-state index in [0.29, 0.717) is 5.56 Å². The average molecular weight is 388 g/mol. The monoisotopic (exact) mass is 388 g/mol. The van der Waals surface area contributed by atoms with Crippen molar-refractivity contribution >= 4 is 34.5 Å². The van der Waals surface area contributed by atoms with Crippen molar-refractivity contribution in [3.8, 4) is 0 Å². The molecule has 4 aromatic rings. The number of aryl methyl sites for hydroxylation is 2. The molecule has 8 nitrogen and oxygen atoms in total. The molecule has 0 saturated carbocycles. The molecule has 0 fully saturated rings. The molecular weight excluding hydrogens is 368 g/mol. The summed E-state index contributed by atoms with van der Waals surface area (Å²) in [5.41, 5.74) is 9.19. The number of nitrogens with two attached hydrogens (primary N) is 1. The van der Waals surface area contributed by atoms with E-state index in [1.54, 1.807) is 6.20 Å². The highest BCUT2D eigenvalue weighted by Gasteiger charge is 2.16. The van der Waals surface area contributed by atoms with E-state index in [1.807, 2.05) is 67.1 Å². The second kappa shape index (κ2) is 7.59. The van der Waals surface area contributed by atoms with E-state index in [-0.39, 0.29) is 24.3 Å². The predicted molar refractivity (Wildman–Crippen MR) is 111 cm³/mol. The van der Waals surface area contributed by atoms with Gasteiger partial charge in [-0.2, -0.15) is 15.0 Å². The topological polar surface area (TPSA) is 108 Å². The van der Waals surface area contributed by atoms with Gasteiger partial charge in [-0.3, -0.25) is 0 Å². The first-order chi connectivity index (χ1) is 14.0. The van der Waals surface area contributed by atoms with Crippen LogP contribution in [0.5, 0.6) is 0 Å². The van der Waals surface area contributed by atoms with Gasteiger partial charge in [0.1, 0.15) is 0 Å². The van der Waals surface area contributed by atoms with Crippen LogP contribution in [0.15, 0.2) is 54.7 Å². The van der Waals surface area contributed by atoms with E-state index in [1.165, 1.54) is 0 Å². The maximum absolute atomic E-state index is 12.6. The molecule has 0 aliphatic carbocycles. The molecule has 0 atom stereocenters. The van der Waals surface area contributed by atoms with Gasteiger partial charge in [-0.15, -0.1) is 0 Å². The number of anilines is 3. The van der Waals surface area contributed by atoms with Crippen molar-refractivity contribution in [2.45, 2.75) is 13.5 Å². The number of rotatable bonds is 5. The molecule has 0 spiro atoms. The number of carbonyl (C=O) groups excluding carboxylic acids is 1. The average Bonchev–Trinajstić information content (AvgIpc) is 3.05. The largest absolute Gasteiger partial charge is 0.454 e. The van der Waals surface area contributed by atoms with Crippen LogP contribution in [0.3, 0.4) is 0 Å². The van der Waals surface area contributed by atoms with Crippen LogP contribution in [0, 0.1) is 6.92 Å². The lowest BCUT2D eigenvalue weighted by atomic mass is 10.2. The summed E-state index contributed by atoms with van der Waals surface area (Å²) in [6.45, 7) is 1.89. The molecule has 3 N–H and O–H groups in total. The summed E-state index contributed by atoms with van der Waals surface area (Å²) in [5.74, 6) is 0.151. The summed E-state index contributed by atoms with van der Waals surface area (Å²) in [5, 5.41) is 3.90. The summed E-state index contributed by atoms with van der Waals surface area (Å²) >= 11 is 0. The zero-order valence-electron chi connectivity index (χ0n) is 16.1. The summed E-state index contributed by atoms with van der Waals surface area (Å²) in [7, 11) is 1.88. The second-order valence-corrected chi connectivity index (χ2v) is 6.67. The lowest BCUT2D eigenvalue weighted by Gasteiger charge is -2.08. The number of para-hydroxylation sites is 1. The normalized spacial score (nSPS) is 10.8. The van der Waals surface area contributed by atoms with Crippen molar-refractivity contribution in [3.05, 3.63) is 71.7 Å². The number of nitrogens with one attached hydrogen (secondary N) is 1. The van der Waals surface area contributed by atoms with Crippen molar-refractivity contribution in [2.75, 3.05) is 11.1 Å². The Balaban J connectivity index is 1.50. The van der Waals surface area contributed by atoms with Gasteiger partial charge < -0.3 is 20.4 Å². The quantitative estimate of drug-likeness (QED) is 0.505. The third-order valence-corrected chi connectivity index (χ3v) is 4.46. The fourth-order valence-corrected chi connectivity index (χ4v) is 3.04. The van der Waals surface area contributed by atoms with E-state index < -0.39 is 5.97 Å². The predicted octanol–water partition coefficient (Wildman–Crippen LogP) is 3.35. The molecule has 29 heavy (non-hydrogen) atoms. The van der Waals surface area contributed by atoms with E-state index in [2.05, 4.69) is 20.3 Å². The van der Waals surface area contributed by atoms with Gasteiger partial charge in [0.2, 0.25) is 11.9 Å². The molecular formula is C21H20N6O2. The maximum atomic E-state index is 12.6. The first-order valence-electron chi connectivity index (χ1n) is 9.05. The number of nitrogens with zero attached hydrogens (tertiary/aromatic N) is 4. The SMILES string of the molecule is Cc1ccc(Nc2nc(N)nc(COC(=O)c3cn(C)c4ccccc34)n2)cc1. The van der Waals surface area contributed by atoms with Crippen molar-refractivity contribution < 1.29 is 9.53 Å². The Hall–Kier alpha value is -3.94. The van der Waals surface area contributed by atoms with E-state index in [0.717, 1.165) is 22.2 Å². The van der Waals surface area contributed by atoms with Crippen molar-refractivity contribution in [3.63, 3.8) is 0 Å². The highest BCUT2D eigenvalue weighted by molar-refractivity contribution is 6.04. The summed E-state index contributed by atoms with van der Waals surface area (Å²) in [6.07, 6.45) is 1.75. The van der Waals surface area contributed by atoms with E-state index in [4.69, 9.17) is 10.5 Å². The minimum Gasteiger partial charge on any atom is -0.454 e. The van der Waals surface area contributed by atoms with E-state index >= 15 is 0 Å². The maximum Gasteiger partial charge on any atom is 0.340 e. The number of hydrogen-bond acceptors (Lipinski definition) is 7. The number of benzene rings is 2. The Bertz CT molecular complexity index is 1180. The van der Waals surface area contributed by atoms with Crippen molar-refractivity contribution in [2.24, 2.45) is 7.05 Å². The Morgan fingerprint density at radius 3 is 2.66 bits per heavy atom. The van der Waals surface area contributed by atoms with Gasteiger partial charge in [-0.25, -0.2) is 4.79 Å². The van der Waals surface area contributed by atoms with Crippen LogP contribution in [0.25, 0.3) is 10.9 Å². The van der Waals surface area contributed by atoms with Crippen LogP contribution >= 0.6 is 0 Å². The van der Waals surface area contributed by atoms with Crippen LogP contribution in [-0.2, 0) is 18.4 Å². The lowest BCUT2D eigenvalue weighted by molar-refractivity contribution is 0.0464. The van der Waals surface area contributed by atoms with Gasteiger partial charge >= 0.3 is 5.97 Å². The van der Waals surface area contributed by atoms with Gasteiger partial charge in [0, 0.05) is 29.8 Å². The third kappa shape index (κ3) is 4.01. The summed E-state index contributed by atoms with van der Waals surface area (Å²) in [6, 6.07) is 15.4. The number of fused-ring (bicyclic) bond motifs is 1. The number of aromatic nitrogens is 4. The lowest BCUT2D eigenvalue weighted by Crippen LogP contribution is -2.11. The molecule has 0 aliphatic rings. The second-order valence-electron chi connectivity index (χ2n) is 6.67. The minimum absolute atomic E-state index is 0.0471. The Morgan fingerprint density at radius 2 is 1.86 bits per heavy atom. The van der Waals surface area contributed by atoms with Crippen molar-refractivity contribution in [1.29, 1.82) is 0 Å². The molecule has 0 unspecified atom stereocenters. The summed E-state index contributed by atoms with van der Waals surface area (Å²) < 4.78 is 7.31. The zero-order chi connectivity index (χ0) is 20.4.